The molecule has 0 radical (unpaired) electrons. The third-order valence-electron chi connectivity index (χ3n) is 3.31. The zero-order valence-corrected chi connectivity index (χ0v) is 14.7. The van der Waals surface area contributed by atoms with Gasteiger partial charge in [-0.25, -0.2) is 4.79 Å². The summed E-state index contributed by atoms with van der Waals surface area (Å²) in [6, 6.07) is 7.90. The first-order chi connectivity index (χ1) is 10.8. The van der Waals surface area contributed by atoms with Gasteiger partial charge in [-0.15, -0.1) is 0 Å². The maximum Gasteiger partial charge on any atom is 0.407 e. The van der Waals surface area contributed by atoms with E-state index in [0.717, 1.165) is 12.0 Å². The Morgan fingerprint density at radius 1 is 1.09 bits per heavy atom. The molecule has 1 atom stereocenters. The molecule has 2 amide bonds. The number of nitrogens with one attached hydrogen (secondary N) is 2. The Labute approximate surface area is 138 Å². The zero-order chi connectivity index (χ0) is 17.5. The Morgan fingerprint density at radius 3 is 2.17 bits per heavy atom. The van der Waals surface area contributed by atoms with E-state index in [1.54, 1.807) is 20.8 Å². The van der Waals surface area contributed by atoms with Crippen molar-refractivity contribution in [3.8, 4) is 0 Å². The van der Waals surface area contributed by atoms with Crippen LogP contribution in [0.1, 0.15) is 51.7 Å². The van der Waals surface area contributed by atoms with E-state index >= 15 is 0 Å². The molecule has 1 unspecified atom stereocenters. The van der Waals surface area contributed by atoms with E-state index in [-0.39, 0.29) is 12.5 Å². The number of hydrogen-bond acceptors (Lipinski definition) is 3. The highest BCUT2D eigenvalue weighted by Crippen LogP contribution is 2.17. The van der Waals surface area contributed by atoms with Crippen LogP contribution in [0, 0.1) is 0 Å². The molecule has 0 fully saturated rings. The molecule has 0 saturated heterocycles. The van der Waals surface area contributed by atoms with Gasteiger partial charge in [-0.2, -0.15) is 0 Å². The largest absolute Gasteiger partial charge is 0.444 e. The number of carbonyl (C=O) groups is 2. The van der Waals surface area contributed by atoms with Crippen molar-refractivity contribution in [2.24, 2.45) is 0 Å². The number of hydrogen-bond donors (Lipinski definition) is 2. The van der Waals surface area contributed by atoms with Crippen LogP contribution in [0.4, 0.5) is 4.79 Å². The van der Waals surface area contributed by atoms with Crippen molar-refractivity contribution in [3.05, 3.63) is 35.4 Å². The Bertz CT molecular complexity index is 518. The highest BCUT2D eigenvalue weighted by atomic mass is 16.6. The second-order valence-electron chi connectivity index (χ2n) is 6.43. The highest BCUT2D eigenvalue weighted by molar-refractivity contribution is 5.84. The van der Waals surface area contributed by atoms with Gasteiger partial charge in [-0.05, 0) is 45.2 Å². The topological polar surface area (TPSA) is 67.4 Å². The normalized spacial score (nSPS) is 12.4. The van der Waals surface area contributed by atoms with E-state index < -0.39 is 17.6 Å². The minimum absolute atomic E-state index is 0.104. The molecule has 0 heterocycles. The van der Waals surface area contributed by atoms with Gasteiger partial charge in [0.1, 0.15) is 5.60 Å². The first-order valence-corrected chi connectivity index (χ1v) is 8.10. The van der Waals surface area contributed by atoms with Crippen LogP contribution in [-0.2, 0) is 16.0 Å². The quantitative estimate of drug-likeness (QED) is 0.846. The molecule has 1 rings (SSSR count). The number of likely N-dealkylation sites (N-methyl/N-ethyl adjacent to an activating group) is 1. The molecule has 0 saturated carbocycles. The maximum atomic E-state index is 12.3. The smallest absolute Gasteiger partial charge is 0.407 e. The van der Waals surface area contributed by atoms with Crippen LogP contribution in [0.3, 0.4) is 0 Å². The lowest BCUT2D eigenvalue weighted by atomic mass is 9.96. The number of ether oxygens (including phenoxy) is 1. The van der Waals surface area contributed by atoms with E-state index in [0.29, 0.717) is 6.54 Å². The zero-order valence-electron chi connectivity index (χ0n) is 14.7. The van der Waals surface area contributed by atoms with Gasteiger partial charge in [0.15, 0.2) is 0 Å². The van der Waals surface area contributed by atoms with Gasteiger partial charge < -0.3 is 15.4 Å². The molecule has 2 N–H and O–H groups in total. The molecule has 0 aliphatic rings. The lowest BCUT2D eigenvalue weighted by Gasteiger charge is -2.22. The fourth-order valence-electron chi connectivity index (χ4n) is 2.14. The summed E-state index contributed by atoms with van der Waals surface area (Å²) in [6.45, 7) is 10.1. The number of aryl methyl sites for hydroxylation is 1. The van der Waals surface area contributed by atoms with Crippen LogP contribution in [0.15, 0.2) is 24.3 Å². The van der Waals surface area contributed by atoms with Crippen molar-refractivity contribution in [3.63, 3.8) is 0 Å². The third-order valence-corrected chi connectivity index (χ3v) is 3.31. The molecule has 23 heavy (non-hydrogen) atoms. The summed E-state index contributed by atoms with van der Waals surface area (Å²) in [4.78, 5) is 24.1. The molecule has 0 aromatic heterocycles. The maximum absolute atomic E-state index is 12.3. The van der Waals surface area contributed by atoms with Crippen LogP contribution in [-0.4, -0.2) is 30.7 Å². The predicted octanol–water partition coefficient (Wildman–Crippen LogP) is 2.99. The molecule has 128 valence electrons. The fourth-order valence-corrected chi connectivity index (χ4v) is 2.14. The number of alkyl carbamates (subject to hydrolysis) is 1. The fraction of sp³-hybridized carbons (Fsp3) is 0.556. The molecule has 5 heteroatoms. The van der Waals surface area contributed by atoms with Gasteiger partial charge in [-0.1, -0.05) is 31.2 Å². The first kappa shape index (κ1) is 19.0. The summed E-state index contributed by atoms with van der Waals surface area (Å²) in [5.41, 5.74) is 1.53. The van der Waals surface area contributed by atoms with E-state index in [1.165, 1.54) is 5.56 Å². The summed E-state index contributed by atoms with van der Waals surface area (Å²) in [5, 5.41) is 5.50. The number of carbonyl (C=O) groups excluding carboxylic acids is 2. The van der Waals surface area contributed by atoms with Gasteiger partial charge >= 0.3 is 6.09 Å². The minimum atomic E-state index is -0.561. The molecule has 0 aliphatic heterocycles. The Morgan fingerprint density at radius 2 is 1.70 bits per heavy atom. The molecule has 1 aromatic carbocycles. The predicted molar refractivity (Wildman–Crippen MR) is 91.5 cm³/mol. The Hall–Kier alpha value is -2.04. The van der Waals surface area contributed by atoms with Gasteiger partial charge in [0.2, 0.25) is 5.91 Å². The lowest BCUT2D eigenvalue weighted by Crippen LogP contribution is -2.39. The van der Waals surface area contributed by atoms with Crippen LogP contribution in [0.2, 0.25) is 0 Å². The van der Waals surface area contributed by atoms with E-state index in [2.05, 4.69) is 17.6 Å². The molecule has 5 nitrogen and oxygen atoms in total. The number of benzene rings is 1. The molecule has 0 aliphatic carbocycles. The van der Waals surface area contributed by atoms with Crippen LogP contribution in [0.5, 0.6) is 0 Å². The minimum Gasteiger partial charge on any atom is -0.444 e. The molecule has 0 bridgehead atoms. The van der Waals surface area contributed by atoms with Crippen molar-refractivity contribution >= 4 is 12.0 Å². The standard InChI is InChI=1S/C18H28N2O3/c1-6-13-8-10-14(11-9-13)15(16(21)19-7-2)12-20-17(22)23-18(3,4)5/h8-11,15H,6-7,12H2,1-5H3,(H,19,21)(H,20,22). The van der Waals surface area contributed by atoms with Crippen LogP contribution in [0.25, 0.3) is 0 Å². The van der Waals surface area contributed by atoms with Gasteiger partial charge in [0, 0.05) is 13.1 Å². The van der Waals surface area contributed by atoms with Crippen molar-refractivity contribution < 1.29 is 14.3 Å². The average Bonchev–Trinajstić information content (AvgIpc) is 2.46. The first-order valence-electron chi connectivity index (χ1n) is 8.10. The molecular weight excluding hydrogens is 292 g/mol. The Kier molecular flexibility index (Phi) is 7.07. The van der Waals surface area contributed by atoms with Crippen molar-refractivity contribution in [2.45, 2.75) is 52.6 Å². The van der Waals surface area contributed by atoms with Crippen molar-refractivity contribution in [2.75, 3.05) is 13.1 Å². The van der Waals surface area contributed by atoms with E-state index in [1.807, 2.05) is 31.2 Å². The Balaban J connectivity index is 2.80. The summed E-state index contributed by atoms with van der Waals surface area (Å²) in [5.74, 6) is -0.541. The average molecular weight is 320 g/mol. The van der Waals surface area contributed by atoms with Crippen LogP contribution < -0.4 is 10.6 Å². The lowest BCUT2D eigenvalue weighted by molar-refractivity contribution is -0.122. The van der Waals surface area contributed by atoms with E-state index in [9.17, 15) is 9.59 Å². The summed E-state index contributed by atoms with van der Waals surface area (Å²) >= 11 is 0. The van der Waals surface area contributed by atoms with Gasteiger partial charge in [0.05, 0.1) is 5.92 Å². The SMILES string of the molecule is CCNC(=O)C(CNC(=O)OC(C)(C)C)c1ccc(CC)cc1. The summed E-state index contributed by atoms with van der Waals surface area (Å²) in [6.07, 6.45) is 0.430. The molecular formula is C18H28N2O3. The molecule has 1 aromatic rings. The van der Waals surface area contributed by atoms with Crippen LogP contribution >= 0.6 is 0 Å². The monoisotopic (exact) mass is 320 g/mol. The van der Waals surface area contributed by atoms with E-state index in [4.69, 9.17) is 4.74 Å². The summed E-state index contributed by atoms with van der Waals surface area (Å²) < 4.78 is 5.22. The van der Waals surface area contributed by atoms with Crippen molar-refractivity contribution in [1.29, 1.82) is 0 Å². The van der Waals surface area contributed by atoms with Gasteiger partial charge in [-0.3, -0.25) is 4.79 Å². The number of rotatable bonds is 6. The second kappa shape index (κ2) is 8.56. The van der Waals surface area contributed by atoms with Gasteiger partial charge in [0.25, 0.3) is 0 Å². The number of amides is 2. The van der Waals surface area contributed by atoms with Crippen molar-refractivity contribution in [1.82, 2.24) is 10.6 Å². The second-order valence-corrected chi connectivity index (χ2v) is 6.43. The third kappa shape index (κ3) is 6.72. The highest BCUT2D eigenvalue weighted by Gasteiger charge is 2.22. The summed E-state index contributed by atoms with van der Waals surface area (Å²) in [7, 11) is 0. The molecule has 0 spiro atoms.